The van der Waals surface area contributed by atoms with Gasteiger partial charge in [-0.1, -0.05) is 23.9 Å². The van der Waals surface area contributed by atoms with Crippen LogP contribution in [0, 0.1) is 11.6 Å². The van der Waals surface area contributed by atoms with Crippen LogP contribution in [0.2, 0.25) is 0 Å². The molecular weight excluding hydrogens is 424 g/mol. The van der Waals surface area contributed by atoms with Gasteiger partial charge >= 0.3 is 5.97 Å². The molecule has 9 heteroatoms. The molecule has 0 radical (unpaired) electrons. The average molecular weight is 443 g/mol. The van der Waals surface area contributed by atoms with Crippen LogP contribution < -0.4 is 10.3 Å². The molecule has 5 rings (SSSR count). The molecule has 1 aromatic heterocycles. The van der Waals surface area contributed by atoms with E-state index in [1.54, 1.807) is 22.8 Å². The van der Waals surface area contributed by atoms with E-state index in [2.05, 4.69) is 4.90 Å². The van der Waals surface area contributed by atoms with Crippen LogP contribution in [0.1, 0.15) is 21.3 Å². The number of carbonyl (C=O) groups is 1. The lowest BCUT2D eigenvalue weighted by atomic mass is 10.1. The number of nitrogens with zero attached hydrogens (tertiary/aromatic N) is 3. The molecule has 0 spiro atoms. The number of aromatic nitrogens is 1. The Balaban J connectivity index is 1.73. The van der Waals surface area contributed by atoms with Crippen LogP contribution in [0.5, 0.6) is 0 Å². The normalized spacial score (nSPS) is 18.7. The van der Waals surface area contributed by atoms with Crippen molar-refractivity contribution in [2.45, 2.75) is 10.4 Å². The minimum Gasteiger partial charge on any atom is -0.477 e. The third-order valence-electron chi connectivity index (χ3n) is 5.88. The minimum absolute atomic E-state index is 0.0123. The summed E-state index contributed by atoms with van der Waals surface area (Å²) in [7, 11) is 2.00. The molecule has 0 aliphatic carbocycles. The molecule has 1 atom stereocenters. The van der Waals surface area contributed by atoms with Gasteiger partial charge in [-0.05, 0) is 36.9 Å². The van der Waals surface area contributed by atoms with Crippen LogP contribution in [0.25, 0.3) is 10.9 Å². The highest BCUT2D eigenvalue weighted by molar-refractivity contribution is 8.00. The maximum Gasteiger partial charge on any atom is 0.342 e. The lowest BCUT2D eigenvalue weighted by Crippen LogP contribution is -2.44. The van der Waals surface area contributed by atoms with Crippen LogP contribution in [0.3, 0.4) is 0 Å². The zero-order valence-electron chi connectivity index (χ0n) is 16.6. The standard InChI is InChI=1S/C22H19F2N3O3S/c1-25-5-7-26(8-6-25)17-11-16-14(10-15(17)24)19(28)18(22(29)30)21-27(16)20(31-21)12-3-2-4-13(23)9-12/h2-4,9-11,20H,5-8H2,1H3,(H,29,30). The predicted molar refractivity (Wildman–Crippen MR) is 115 cm³/mol. The summed E-state index contributed by atoms with van der Waals surface area (Å²) in [6.07, 6.45) is 0. The van der Waals surface area contributed by atoms with Gasteiger partial charge in [0.25, 0.3) is 0 Å². The van der Waals surface area contributed by atoms with E-state index in [-0.39, 0.29) is 10.9 Å². The number of aromatic carboxylic acids is 1. The topological polar surface area (TPSA) is 65.8 Å². The summed E-state index contributed by atoms with van der Waals surface area (Å²) in [6, 6.07) is 8.81. The number of halogens is 2. The molecule has 2 aliphatic rings. The van der Waals surface area contributed by atoms with E-state index >= 15 is 4.39 Å². The molecule has 6 nitrogen and oxygen atoms in total. The fraction of sp³-hybridized carbons (Fsp3) is 0.273. The maximum atomic E-state index is 15.0. The van der Waals surface area contributed by atoms with E-state index in [0.717, 1.165) is 19.2 Å². The molecule has 3 aromatic rings. The van der Waals surface area contributed by atoms with Crippen molar-refractivity contribution in [1.29, 1.82) is 0 Å². The summed E-state index contributed by atoms with van der Waals surface area (Å²) in [6.45, 7) is 2.86. The number of rotatable bonds is 3. The number of carboxylic acids is 1. The van der Waals surface area contributed by atoms with Gasteiger partial charge in [-0.25, -0.2) is 13.6 Å². The number of hydrogen-bond donors (Lipinski definition) is 1. The molecule has 3 heterocycles. The molecule has 0 amide bonds. The van der Waals surface area contributed by atoms with Gasteiger partial charge in [0.1, 0.15) is 22.6 Å². The average Bonchev–Trinajstić information content (AvgIpc) is 2.71. The van der Waals surface area contributed by atoms with Crippen LogP contribution in [0.4, 0.5) is 14.5 Å². The lowest BCUT2D eigenvalue weighted by molar-refractivity contribution is 0.0689. The Hall–Kier alpha value is -2.91. The smallest absolute Gasteiger partial charge is 0.342 e. The van der Waals surface area contributed by atoms with E-state index in [1.165, 1.54) is 23.9 Å². The minimum atomic E-state index is -1.36. The molecule has 1 saturated heterocycles. The van der Waals surface area contributed by atoms with Gasteiger partial charge in [0.2, 0.25) is 5.43 Å². The Labute approximate surface area is 180 Å². The van der Waals surface area contributed by atoms with Crippen molar-refractivity contribution in [1.82, 2.24) is 9.47 Å². The van der Waals surface area contributed by atoms with Gasteiger partial charge in [0.05, 0.1) is 16.2 Å². The molecule has 160 valence electrons. The van der Waals surface area contributed by atoms with Crippen LogP contribution in [-0.2, 0) is 0 Å². The molecule has 1 N–H and O–H groups in total. The Morgan fingerprint density at radius 1 is 1.13 bits per heavy atom. The fourth-order valence-electron chi connectivity index (χ4n) is 4.21. The maximum absolute atomic E-state index is 15.0. The number of thioether (sulfide) groups is 1. The van der Waals surface area contributed by atoms with Crippen molar-refractivity contribution in [2.24, 2.45) is 0 Å². The molecule has 2 aromatic carbocycles. The molecule has 0 saturated carbocycles. The summed E-state index contributed by atoms with van der Waals surface area (Å²) in [5.41, 5.74) is 0.393. The van der Waals surface area contributed by atoms with Gasteiger partial charge in [-0.3, -0.25) is 4.79 Å². The summed E-state index contributed by atoms with van der Waals surface area (Å²) in [5.74, 6) is -2.32. The van der Waals surface area contributed by atoms with Crippen LogP contribution in [0.15, 0.2) is 46.2 Å². The summed E-state index contributed by atoms with van der Waals surface area (Å²) in [4.78, 5) is 28.8. The first-order chi connectivity index (χ1) is 14.8. The lowest BCUT2D eigenvalue weighted by Gasteiger charge is -2.37. The van der Waals surface area contributed by atoms with Crippen molar-refractivity contribution in [3.05, 3.63) is 69.4 Å². The zero-order chi connectivity index (χ0) is 21.9. The molecule has 1 unspecified atom stereocenters. The summed E-state index contributed by atoms with van der Waals surface area (Å²) >= 11 is 1.19. The Kier molecular flexibility index (Phi) is 4.75. The van der Waals surface area contributed by atoms with Crippen molar-refractivity contribution in [3.8, 4) is 0 Å². The monoisotopic (exact) mass is 443 g/mol. The zero-order valence-corrected chi connectivity index (χ0v) is 17.5. The number of likely N-dealkylation sites (N-methyl/N-ethyl adjacent to an activating group) is 1. The SMILES string of the molecule is CN1CCN(c2cc3c(cc2F)c(=O)c(C(=O)O)c2n3C(c3cccc(F)c3)S2)CC1. The van der Waals surface area contributed by atoms with Crippen LogP contribution in [-0.4, -0.2) is 53.8 Å². The van der Waals surface area contributed by atoms with E-state index in [0.29, 0.717) is 34.9 Å². The third kappa shape index (κ3) is 3.19. The number of fused-ring (bicyclic) bond motifs is 3. The van der Waals surface area contributed by atoms with Gasteiger partial charge in [0, 0.05) is 31.6 Å². The van der Waals surface area contributed by atoms with Gasteiger partial charge in [-0.15, -0.1) is 0 Å². The number of anilines is 1. The second kappa shape index (κ2) is 7.35. The number of carboxylic acid groups (broad SMARTS) is 1. The number of hydrogen-bond acceptors (Lipinski definition) is 5. The van der Waals surface area contributed by atoms with Crippen molar-refractivity contribution < 1.29 is 18.7 Å². The Morgan fingerprint density at radius 3 is 2.55 bits per heavy atom. The molecule has 0 bridgehead atoms. The van der Waals surface area contributed by atoms with E-state index in [9.17, 15) is 19.1 Å². The number of benzene rings is 2. The first-order valence-electron chi connectivity index (χ1n) is 9.86. The van der Waals surface area contributed by atoms with Crippen molar-refractivity contribution in [3.63, 3.8) is 0 Å². The van der Waals surface area contributed by atoms with Gasteiger partial charge < -0.3 is 19.5 Å². The quantitative estimate of drug-likeness (QED) is 0.670. The largest absolute Gasteiger partial charge is 0.477 e. The Bertz CT molecular complexity index is 1290. The fourth-order valence-corrected chi connectivity index (χ4v) is 5.48. The van der Waals surface area contributed by atoms with Gasteiger partial charge in [-0.2, -0.15) is 0 Å². The predicted octanol–water partition coefficient (Wildman–Crippen LogP) is 3.38. The number of pyridine rings is 1. The second-order valence-corrected chi connectivity index (χ2v) is 8.89. The van der Waals surface area contributed by atoms with Crippen molar-refractivity contribution in [2.75, 3.05) is 38.1 Å². The summed E-state index contributed by atoms with van der Waals surface area (Å²) < 4.78 is 30.6. The first-order valence-corrected chi connectivity index (χ1v) is 10.7. The molecular formula is C22H19F2N3O3S. The van der Waals surface area contributed by atoms with E-state index in [4.69, 9.17) is 0 Å². The highest BCUT2D eigenvalue weighted by atomic mass is 32.2. The molecule has 2 aliphatic heterocycles. The Morgan fingerprint density at radius 2 is 1.87 bits per heavy atom. The second-order valence-electron chi connectivity index (χ2n) is 7.82. The third-order valence-corrected chi connectivity index (χ3v) is 7.21. The van der Waals surface area contributed by atoms with Crippen LogP contribution >= 0.6 is 11.8 Å². The summed E-state index contributed by atoms with van der Waals surface area (Å²) in [5, 5.41) is 9.53. The molecule has 1 fully saturated rings. The number of piperazine rings is 1. The van der Waals surface area contributed by atoms with Crippen molar-refractivity contribution >= 4 is 34.3 Å². The molecule has 31 heavy (non-hydrogen) atoms. The van der Waals surface area contributed by atoms with Gasteiger partial charge in [0.15, 0.2) is 0 Å². The first kappa shape index (κ1) is 20.0. The highest BCUT2D eigenvalue weighted by Gasteiger charge is 2.36. The van der Waals surface area contributed by atoms with E-state index in [1.807, 2.05) is 11.9 Å². The highest BCUT2D eigenvalue weighted by Crippen LogP contribution is 2.50. The van der Waals surface area contributed by atoms with E-state index < -0.39 is 28.4 Å².